The summed E-state index contributed by atoms with van der Waals surface area (Å²) in [5.74, 6) is -0.612. The van der Waals surface area contributed by atoms with Gasteiger partial charge in [-0.2, -0.15) is 0 Å². The number of rotatable bonds is 11. The van der Waals surface area contributed by atoms with Gasteiger partial charge >= 0.3 is 0 Å². The summed E-state index contributed by atoms with van der Waals surface area (Å²) in [6.07, 6.45) is 6.89. The van der Waals surface area contributed by atoms with E-state index in [0.717, 1.165) is 19.3 Å². The molecule has 1 aromatic heterocycles. The lowest BCUT2D eigenvalue weighted by molar-refractivity contribution is 0.0951. The monoisotopic (exact) mass is 401 g/mol. The number of nitrogens with two attached hydrogens (primary N) is 1. The molecule has 0 radical (unpaired) electrons. The number of hydrogen-bond acceptors (Lipinski definition) is 5. The molecule has 2 rings (SSSR count). The van der Waals surface area contributed by atoms with Crippen LogP contribution in [0, 0.1) is 5.82 Å². The molecule has 156 valence electrons. The van der Waals surface area contributed by atoms with Crippen LogP contribution < -0.4 is 15.8 Å². The van der Waals surface area contributed by atoms with Gasteiger partial charge in [0, 0.05) is 19.2 Å². The van der Waals surface area contributed by atoms with E-state index in [-0.39, 0.29) is 23.7 Å². The van der Waals surface area contributed by atoms with Crippen molar-refractivity contribution in [2.75, 3.05) is 19.5 Å². The highest BCUT2D eigenvalue weighted by molar-refractivity contribution is 5.98. The Bertz CT molecular complexity index is 840. The number of pyridine rings is 1. The SMILES string of the molecule is CC/C=C/CCCOc1cccc(CNC(=O)c2ccc(COC)nc2N)c1F. The number of carbonyl (C=O) groups excluding carboxylic acids is 1. The Kier molecular flexibility index (Phi) is 9.11. The van der Waals surface area contributed by atoms with Gasteiger partial charge in [-0.25, -0.2) is 9.37 Å². The van der Waals surface area contributed by atoms with Gasteiger partial charge in [-0.05, 0) is 37.5 Å². The molecule has 1 amide bonds. The number of nitrogens with one attached hydrogen (secondary N) is 1. The Hall–Kier alpha value is -2.93. The molecule has 0 bridgehead atoms. The fraction of sp³-hybridized carbons (Fsp3) is 0.364. The number of nitrogen functional groups attached to an aromatic ring is 1. The minimum atomic E-state index is -0.474. The molecule has 0 saturated carbocycles. The van der Waals surface area contributed by atoms with Gasteiger partial charge in [-0.15, -0.1) is 0 Å². The zero-order chi connectivity index (χ0) is 21.1. The van der Waals surface area contributed by atoms with Gasteiger partial charge in [0.15, 0.2) is 11.6 Å². The standard InChI is InChI=1S/C22H28FN3O3/c1-3-4-5-6-7-13-29-19-10-8-9-16(20(19)23)14-25-22(27)18-12-11-17(15-28-2)26-21(18)24/h4-5,8-12H,3,6-7,13-15H2,1-2H3,(H2,24,26)(H,25,27)/b5-4+. The van der Waals surface area contributed by atoms with Crippen LogP contribution in [0.25, 0.3) is 0 Å². The van der Waals surface area contributed by atoms with E-state index >= 15 is 0 Å². The fourth-order valence-electron chi connectivity index (χ4n) is 2.68. The average Bonchev–Trinajstić information content (AvgIpc) is 2.71. The second-order valence-corrected chi connectivity index (χ2v) is 6.45. The predicted molar refractivity (Wildman–Crippen MR) is 111 cm³/mol. The van der Waals surface area contributed by atoms with Crippen molar-refractivity contribution in [2.24, 2.45) is 0 Å². The number of amides is 1. The van der Waals surface area contributed by atoms with Crippen LogP contribution >= 0.6 is 0 Å². The molecule has 0 fully saturated rings. The third-order valence-electron chi connectivity index (χ3n) is 4.18. The topological polar surface area (TPSA) is 86.5 Å². The quantitative estimate of drug-likeness (QED) is 0.439. The first-order valence-corrected chi connectivity index (χ1v) is 9.64. The summed E-state index contributed by atoms with van der Waals surface area (Å²) in [6.45, 7) is 2.82. The Morgan fingerprint density at radius 1 is 1.28 bits per heavy atom. The molecule has 0 atom stereocenters. The number of hydrogen-bond donors (Lipinski definition) is 2. The molecule has 1 aromatic carbocycles. The van der Waals surface area contributed by atoms with Gasteiger partial charge in [0.1, 0.15) is 5.82 Å². The van der Waals surface area contributed by atoms with Gasteiger partial charge < -0.3 is 20.5 Å². The molecule has 0 unspecified atom stereocenters. The normalized spacial score (nSPS) is 11.0. The van der Waals surface area contributed by atoms with Crippen molar-refractivity contribution in [3.63, 3.8) is 0 Å². The molecule has 0 spiro atoms. The van der Waals surface area contributed by atoms with Crippen LogP contribution in [-0.2, 0) is 17.9 Å². The molecule has 2 aromatic rings. The largest absolute Gasteiger partial charge is 0.490 e. The Labute approximate surface area is 170 Å². The van der Waals surface area contributed by atoms with Crippen molar-refractivity contribution in [3.8, 4) is 5.75 Å². The molecule has 0 aliphatic heterocycles. The third-order valence-corrected chi connectivity index (χ3v) is 4.18. The van der Waals surface area contributed by atoms with Crippen molar-refractivity contribution in [1.29, 1.82) is 0 Å². The molecule has 29 heavy (non-hydrogen) atoms. The number of halogens is 1. The van der Waals surface area contributed by atoms with Gasteiger partial charge in [-0.1, -0.05) is 31.2 Å². The number of unbranched alkanes of at least 4 members (excludes halogenated alkanes) is 1. The number of benzene rings is 1. The fourth-order valence-corrected chi connectivity index (χ4v) is 2.68. The summed E-state index contributed by atoms with van der Waals surface area (Å²) < 4.78 is 25.2. The van der Waals surface area contributed by atoms with E-state index in [1.807, 2.05) is 0 Å². The first kappa shape index (κ1) is 22.4. The first-order valence-electron chi connectivity index (χ1n) is 9.64. The van der Waals surface area contributed by atoms with Crippen LogP contribution in [0.5, 0.6) is 5.75 Å². The second-order valence-electron chi connectivity index (χ2n) is 6.45. The maximum Gasteiger partial charge on any atom is 0.255 e. The number of anilines is 1. The van der Waals surface area contributed by atoms with Crippen molar-refractivity contribution in [2.45, 2.75) is 39.3 Å². The van der Waals surface area contributed by atoms with Crippen LogP contribution in [0.3, 0.4) is 0 Å². The number of ether oxygens (including phenoxy) is 2. The first-order chi connectivity index (χ1) is 14.1. The van der Waals surface area contributed by atoms with Gasteiger partial charge in [0.2, 0.25) is 0 Å². The highest BCUT2D eigenvalue weighted by Gasteiger charge is 2.14. The summed E-state index contributed by atoms with van der Waals surface area (Å²) in [6, 6.07) is 8.13. The third kappa shape index (κ3) is 6.87. The van der Waals surface area contributed by atoms with Crippen molar-refractivity contribution in [3.05, 3.63) is 65.1 Å². The summed E-state index contributed by atoms with van der Waals surface area (Å²) >= 11 is 0. The molecule has 0 aliphatic carbocycles. The molecule has 0 aliphatic rings. The minimum Gasteiger partial charge on any atom is -0.490 e. The van der Waals surface area contributed by atoms with Crippen LogP contribution in [0.2, 0.25) is 0 Å². The van der Waals surface area contributed by atoms with E-state index in [0.29, 0.717) is 24.5 Å². The number of methoxy groups -OCH3 is 1. The minimum absolute atomic E-state index is 0.0143. The molecule has 0 saturated heterocycles. The van der Waals surface area contributed by atoms with Gasteiger partial charge in [0.25, 0.3) is 5.91 Å². The second kappa shape index (κ2) is 11.8. The zero-order valence-corrected chi connectivity index (χ0v) is 16.9. The maximum absolute atomic E-state index is 14.6. The summed E-state index contributed by atoms with van der Waals surface area (Å²) in [7, 11) is 1.55. The lowest BCUT2D eigenvalue weighted by Gasteiger charge is -2.12. The van der Waals surface area contributed by atoms with Crippen molar-refractivity contribution < 1.29 is 18.7 Å². The number of carbonyl (C=O) groups is 1. The molecular formula is C22H28FN3O3. The number of aromatic nitrogens is 1. The Morgan fingerprint density at radius 3 is 2.83 bits per heavy atom. The predicted octanol–water partition coefficient (Wildman–Crippen LogP) is 4.00. The highest BCUT2D eigenvalue weighted by atomic mass is 19.1. The zero-order valence-electron chi connectivity index (χ0n) is 16.9. The van der Waals surface area contributed by atoms with E-state index in [1.165, 1.54) is 0 Å². The smallest absolute Gasteiger partial charge is 0.255 e. The molecular weight excluding hydrogens is 373 g/mol. The maximum atomic E-state index is 14.6. The Balaban J connectivity index is 1.93. The summed E-state index contributed by atoms with van der Waals surface area (Å²) in [4.78, 5) is 16.5. The van der Waals surface area contributed by atoms with Crippen LogP contribution in [0.1, 0.15) is 47.8 Å². The lowest BCUT2D eigenvalue weighted by Crippen LogP contribution is -2.25. The van der Waals surface area contributed by atoms with Crippen molar-refractivity contribution in [1.82, 2.24) is 10.3 Å². The van der Waals surface area contributed by atoms with Gasteiger partial charge in [-0.3, -0.25) is 4.79 Å². The van der Waals surface area contributed by atoms with Crippen molar-refractivity contribution >= 4 is 11.7 Å². The molecule has 7 heteroatoms. The number of allylic oxidation sites excluding steroid dienone is 2. The van der Waals surface area contributed by atoms with Crippen LogP contribution in [0.15, 0.2) is 42.5 Å². The highest BCUT2D eigenvalue weighted by Crippen LogP contribution is 2.21. The summed E-state index contributed by atoms with van der Waals surface area (Å²) in [5, 5.41) is 2.67. The lowest BCUT2D eigenvalue weighted by atomic mass is 10.1. The van der Waals surface area contributed by atoms with E-state index in [1.54, 1.807) is 37.4 Å². The molecule has 6 nitrogen and oxygen atoms in total. The summed E-state index contributed by atoms with van der Waals surface area (Å²) in [5.41, 5.74) is 7.05. The van der Waals surface area contributed by atoms with Gasteiger partial charge in [0.05, 0.1) is 24.5 Å². The van der Waals surface area contributed by atoms with Crippen LogP contribution in [0.4, 0.5) is 10.2 Å². The number of nitrogens with zero attached hydrogens (tertiary/aromatic N) is 1. The molecule has 3 N–H and O–H groups in total. The van der Waals surface area contributed by atoms with E-state index < -0.39 is 11.7 Å². The molecule has 1 heterocycles. The average molecular weight is 401 g/mol. The Morgan fingerprint density at radius 2 is 2.10 bits per heavy atom. The van der Waals surface area contributed by atoms with Crippen LogP contribution in [-0.4, -0.2) is 24.6 Å². The van der Waals surface area contributed by atoms with E-state index in [2.05, 4.69) is 29.4 Å². The van der Waals surface area contributed by atoms with E-state index in [9.17, 15) is 9.18 Å². The van der Waals surface area contributed by atoms with E-state index in [4.69, 9.17) is 15.2 Å².